The first kappa shape index (κ1) is 9.32. The van der Waals surface area contributed by atoms with Gasteiger partial charge in [0.2, 0.25) is 0 Å². The summed E-state index contributed by atoms with van der Waals surface area (Å²) < 4.78 is 0. The SMILES string of the molecule is [BH2][Zn][SiH3].[NaH]. The molecule has 16 valence electrons. The second-order valence-corrected chi connectivity index (χ2v) is 11.0. The zero-order chi connectivity index (χ0) is 2.71. The molecule has 0 fully saturated rings. The van der Waals surface area contributed by atoms with Crippen LogP contribution in [0.4, 0.5) is 0 Å². The molecule has 4 heteroatoms. The van der Waals surface area contributed by atoms with Crippen LogP contribution in [0.3, 0.4) is 0 Å². The predicted octanol–water partition coefficient (Wildman–Crippen LogP) is -2.75. The van der Waals surface area contributed by atoms with Crippen molar-refractivity contribution in [1.29, 1.82) is 0 Å². The summed E-state index contributed by atoms with van der Waals surface area (Å²) in [6.07, 6.45) is 2.37. The van der Waals surface area contributed by atoms with E-state index < -0.39 is 0 Å². The van der Waals surface area contributed by atoms with E-state index in [2.05, 4.69) is 6.33 Å². The molecule has 0 N–H and O–H groups in total. The number of rotatable bonds is 0. The topological polar surface area (TPSA) is 0 Å². The Morgan fingerprint density at radius 3 is 1.75 bits per heavy atom. The maximum absolute atomic E-state index is 2.37. The average Bonchev–Trinajstić information content (AvgIpc) is 0.918. The molecule has 0 aliphatic rings. The van der Waals surface area contributed by atoms with Crippen LogP contribution in [0, 0.1) is 0 Å². The van der Waals surface area contributed by atoms with E-state index in [-0.39, 0.29) is 45.8 Å². The molecule has 0 aromatic rings. The van der Waals surface area contributed by atoms with Gasteiger partial charge in [-0.2, -0.15) is 0 Å². The molecule has 0 radical (unpaired) electrons. The van der Waals surface area contributed by atoms with Gasteiger partial charge in [-0.25, -0.2) is 0 Å². The molecule has 0 saturated carbocycles. The van der Waals surface area contributed by atoms with Crippen molar-refractivity contribution < 1.29 is 16.2 Å². The average molecular weight is 133 g/mol. The normalized spacial score (nSPS) is 3.00. The molecule has 0 aromatic heterocycles. The third-order valence-corrected chi connectivity index (χ3v) is 0. The van der Waals surface area contributed by atoms with Gasteiger partial charge in [0.1, 0.15) is 0 Å². The Hall–Kier alpha value is 1.91. The number of hydrogen-bond donors (Lipinski definition) is 0. The van der Waals surface area contributed by atoms with Gasteiger partial charge in [-0.3, -0.25) is 0 Å². The van der Waals surface area contributed by atoms with E-state index in [1.54, 1.807) is 8.47 Å². The Kier molecular flexibility index (Phi) is 20.6. The van der Waals surface area contributed by atoms with E-state index in [1.807, 2.05) is 0 Å². The van der Waals surface area contributed by atoms with Crippen LogP contribution in [-0.2, 0) is 16.2 Å². The first-order chi connectivity index (χ1) is 1.41. The molecule has 0 heterocycles. The van der Waals surface area contributed by atoms with Gasteiger partial charge in [0, 0.05) is 0 Å². The molecule has 0 rings (SSSR count). The van der Waals surface area contributed by atoms with Crippen LogP contribution in [0.15, 0.2) is 0 Å². The van der Waals surface area contributed by atoms with E-state index in [0.717, 1.165) is 0 Å². The first-order valence-electron chi connectivity index (χ1n) is 1.41. The summed E-state index contributed by atoms with van der Waals surface area (Å²) in [6, 6.07) is 0. The van der Waals surface area contributed by atoms with Crippen LogP contribution < -0.4 is 0 Å². The summed E-state index contributed by atoms with van der Waals surface area (Å²) in [7, 11) is 1.56. The number of hydrogen-bond acceptors (Lipinski definition) is 0. The third kappa shape index (κ3) is 9.08. The van der Waals surface area contributed by atoms with E-state index in [9.17, 15) is 0 Å². The first-order valence-corrected chi connectivity index (χ1v) is 14.7. The van der Waals surface area contributed by atoms with Crippen molar-refractivity contribution in [3.05, 3.63) is 0 Å². The molecular formula is H6BNaSiZn. The second-order valence-electron chi connectivity index (χ2n) is 0.707. The predicted molar refractivity (Wildman–Crippen MR) is 25.6 cm³/mol. The van der Waals surface area contributed by atoms with Crippen LogP contribution >= 0.6 is 0 Å². The van der Waals surface area contributed by atoms with Crippen molar-refractivity contribution >= 4 is 44.4 Å². The van der Waals surface area contributed by atoms with Gasteiger partial charge < -0.3 is 0 Å². The standard InChI is InChI=1S/BH2.Na.H3Si.Zn.H/h1H2;;1H3;;/q+1;;;-1;. The molecule has 0 nitrogen and oxygen atoms in total. The van der Waals surface area contributed by atoms with Gasteiger partial charge in [-0.1, -0.05) is 0 Å². The van der Waals surface area contributed by atoms with Crippen molar-refractivity contribution in [1.82, 2.24) is 0 Å². The van der Waals surface area contributed by atoms with Crippen molar-refractivity contribution in [3.8, 4) is 0 Å². The summed E-state index contributed by atoms with van der Waals surface area (Å²) in [6.45, 7) is 0. The van der Waals surface area contributed by atoms with Gasteiger partial charge >= 0.3 is 60.6 Å². The summed E-state index contributed by atoms with van der Waals surface area (Å²) in [5.41, 5.74) is 0. The van der Waals surface area contributed by atoms with E-state index >= 15 is 0 Å². The maximum atomic E-state index is 2.37. The zero-order valence-corrected chi connectivity index (χ0v) is 7.67. The van der Waals surface area contributed by atoms with Crippen LogP contribution in [-0.4, -0.2) is 44.4 Å². The summed E-state index contributed by atoms with van der Waals surface area (Å²) in [5.74, 6) is 0. The monoisotopic (exact) mass is 132 g/mol. The van der Waals surface area contributed by atoms with Crippen LogP contribution in [0.25, 0.3) is 0 Å². The molecule has 0 atom stereocenters. The van der Waals surface area contributed by atoms with E-state index in [4.69, 9.17) is 0 Å². The Balaban J connectivity index is 0. The Morgan fingerprint density at radius 2 is 1.75 bits per heavy atom. The van der Waals surface area contributed by atoms with Crippen LogP contribution in [0.2, 0.25) is 0 Å². The molecule has 0 amide bonds. The summed E-state index contributed by atoms with van der Waals surface area (Å²) in [4.78, 5) is 0. The molecule has 0 aliphatic heterocycles. The Bertz CT molecular complexity index is 8.00. The molecule has 0 aliphatic carbocycles. The van der Waals surface area contributed by atoms with E-state index in [0.29, 0.717) is 0 Å². The zero-order valence-electron chi connectivity index (χ0n) is 2.71. The fourth-order valence-electron chi connectivity index (χ4n) is 0. The van der Waals surface area contributed by atoms with Crippen molar-refractivity contribution in [3.63, 3.8) is 0 Å². The van der Waals surface area contributed by atoms with Gasteiger partial charge in [-0.05, 0) is 0 Å². The van der Waals surface area contributed by atoms with Crippen LogP contribution in [0.5, 0.6) is 0 Å². The molecule has 4 heavy (non-hydrogen) atoms. The molecule has 0 bridgehead atoms. The molecule has 0 spiro atoms. The fraction of sp³-hybridized carbons (Fsp3) is 0. The fourth-order valence-corrected chi connectivity index (χ4v) is 0. The summed E-state index contributed by atoms with van der Waals surface area (Å²) in [5, 5.41) is 0. The van der Waals surface area contributed by atoms with E-state index in [1.165, 1.54) is 0 Å². The summed E-state index contributed by atoms with van der Waals surface area (Å²) >= 11 is 0.264. The molecular weight excluding hydrogens is 127 g/mol. The minimum absolute atomic E-state index is 0. The Labute approximate surface area is 59.9 Å². The van der Waals surface area contributed by atoms with Gasteiger partial charge in [0.25, 0.3) is 0 Å². The minimum atomic E-state index is 0. The third-order valence-electron chi connectivity index (χ3n) is 0. The van der Waals surface area contributed by atoms with Crippen molar-refractivity contribution in [2.45, 2.75) is 0 Å². The molecule has 0 saturated heterocycles. The molecule has 0 aromatic carbocycles. The quantitative estimate of drug-likeness (QED) is 0.314. The van der Waals surface area contributed by atoms with Crippen molar-refractivity contribution in [2.24, 2.45) is 0 Å². The molecule has 0 unspecified atom stereocenters. The Morgan fingerprint density at radius 1 is 1.75 bits per heavy atom. The van der Waals surface area contributed by atoms with Crippen LogP contribution in [0.1, 0.15) is 0 Å². The van der Waals surface area contributed by atoms with Gasteiger partial charge in [0.05, 0.1) is 0 Å². The van der Waals surface area contributed by atoms with Gasteiger partial charge in [-0.15, -0.1) is 0 Å². The van der Waals surface area contributed by atoms with Gasteiger partial charge in [0.15, 0.2) is 0 Å². The second kappa shape index (κ2) is 8.86. The van der Waals surface area contributed by atoms with Crippen molar-refractivity contribution in [2.75, 3.05) is 0 Å².